The molecule has 1 N–H and O–H groups in total. The molecule has 0 aromatic heterocycles. The summed E-state index contributed by atoms with van der Waals surface area (Å²) in [6, 6.07) is 7.40. The minimum atomic E-state index is -0.0538. The van der Waals surface area contributed by atoms with Gasteiger partial charge < -0.3 is 10.1 Å². The molecule has 1 amide bonds. The molecule has 0 saturated heterocycles. The highest BCUT2D eigenvalue weighted by atomic mass is 35.5. The van der Waals surface area contributed by atoms with Crippen LogP contribution >= 0.6 is 11.6 Å². The molecule has 1 saturated carbocycles. The Morgan fingerprint density at radius 3 is 2.83 bits per heavy atom. The minimum absolute atomic E-state index is 0.0524. The summed E-state index contributed by atoms with van der Waals surface area (Å²) in [5.74, 6) is 0.572. The van der Waals surface area contributed by atoms with Crippen molar-refractivity contribution < 1.29 is 9.53 Å². The summed E-state index contributed by atoms with van der Waals surface area (Å²) in [5.41, 5.74) is 0. The maximum atomic E-state index is 11.7. The molecule has 0 heterocycles. The van der Waals surface area contributed by atoms with Gasteiger partial charge in [0.2, 0.25) is 0 Å². The van der Waals surface area contributed by atoms with Crippen LogP contribution in [-0.4, -0.2) is 18.6 Å². The van der Waals surface area contributed by atoms with Gasteiger partial charge in [0.05, 0.1) is 0 Å². The van der Waals surface area contributed by atoms with Crippen molar-refractivity contribution in [1.82, 2.24) is 5.32 Å². The molecule has 18 heavy (non-hydrogen) atoms. The van der Waals surface area contributed by atoms with Crippen LogP contribution in [0.25, 0.3) is 0 Å². The predicted molar refractivity (Wildman–Crippen MR) is 72.0 cm³/mol. The summed E-state index contributed by atoms with van der Waals surface area (Å²) in [4.78, 5) is 11.7. The Balaban J connectivity index is 1.74. The first kappa shape index (κ1) is 13.2. The van der Waals surface area contributed by atoms with Gasteiger partial charge in [0.1, 0.15) is 5.75 Å². The van der Waals surface area contributed by atoms with E-state index in [1.165, 1.54) is 19.3 Å². The first-order valence-electron chi connectivity index (χ1n) is 6.42. The van der Waals surface area contributed by atoms with Crippen molar-refractivity contribution in [2.75, 3.05) is 6.61 Å². The third-order valence-electron chi connectivity index (χ3n) is 3.14. The lowest BCUT2D eigenvalue weighted by atomic mass is 9.95. The van der Waals surface area contributed by atoms with E-state index in [0.717, 1.165) is 12.8 Å². The summed E-state index contributed by atoms with van der Waals surface area (Å²) in [6.45, 7) is 0.0524. The van der Waals surface area contributed by atoms with E-state index in [-0.39, 0.29) is 12.5 Å². The lowest BCUT2D eigenvalue weighted by Gasteiger charge is -2.22. The van der Waals surface area contributed by atoms with Crippen LogP contribution in [-0.2, 0) is 4.79 Å². The first-order chi connectivity index (χ1) is 8.74. The van der Waals surface area contributed by atoms with Gasteiger partial charge in [0, 0.05) is 11.1 Å². The van der Waals surface area contributed by atoms with E-state index in [4.69, 9.17) is 16.3 Å². The molecule has 1 aromatic rings. The average Bonchev–Trinajstić information content (AvgIpc) is 2.38. The Hall–Kier alpha value is -1.22. The molecule has 0 aliphatic heterocycles. The van der Waals surface area contributed by atoms with Crippen molar-refractivity contribution in [1.29, 1.82) is 0 Å². The number of amides is 1. The quantitative estimate of drug-likeness (QED) is 0.910. The van der Waals surface area contributed by atoms with Crippen LogP contribution in [0, 0.1) is 0 Å². The molecule has 3 nitrogen and oxygen atoms in total. The molecular weight excluding hydrogens is 250 g/mol. The van der Waals surface area contributed by atoms with Crippen LogP contribution < -0.4 is 10.1 Å². The number of halogens is 1. The number of carbonyl (C=O) groups excluding carboxylic acids is 1. The monoisotopic (exact) mass is 267 g/mol. The number of hydrogen-bond donors (Lipinski definition) is 1. The van der Waals surface area contributed by atoms with Crippen LogP contribution in [0.3, 0.4) is 0 Å². The second-order valence-electron chi connectivity index (χ2n) is 4.65. The molecule has 1 aliphatic carbocycles. The molecule has 1 aliphatic rings. The van der Waals surface area contributed by atoms with E-state index >= 15 is 0 Å². The Kier molecular flexibility index (Phi) is 4.88. The second kappa shape index (κ2) is 6.64. The molecule has 0 bridgehead atoms. The minimum Gasteiger partial charge on any atom is -0.484 e. The van der Waals surface area contributed by atoms with Gasteiger partial charge in [-0.15, -0.1) is 0 Å². The molecule has 0 unspecified atom stereocenters. The van der Waals surface area contributed by atoms with Crippen LogP contribution in [0.2, 0.25) is 5.02 Å². The molecule has 0 atom stereocenters. The molecule has 4 heteroatoms. The fraction of sp³-hybridized carbons (Fsp3) is 0.500. The summed E-state index contributed by atoms with van der Waals surface area (Å²) in [5, 5.41) is 3.62. The van der Waals surface area contributed by atoms with Crippen molar-refractivity contribution in [2.45, 2.75) is 38.1 Å². The van der Waals surface area contributed by atoms with E-state index in [2.05, 4.69) is 5.32 Å². The van der Waals surface area contributed by atoms with E-state index in [9.17, 15) is 4.79 Å². The second-order valence-corrected chi connectivity index (χ2v) is 5.08. The maximum Gasteiger partial charge on any atom is 0.258 e. The number of carbonyl (C=O) groups is 1. The summed E-state index contributed by atoms with van der Waals surface area (Å²) >= 11 is 5.84. The van der Waals surface area contributed by atoms with Crippen molar-refractivity contribution in [3.63, 3.8) is 0 Å². The highest BCUT2D eigenvalue weighted by Crippen LogP contribution is 2.18. The van der Waals surface area contributed by atoms with Gasteiger partial charge in [0.15, 0.2) is 6.61 Å². The Labute approximate surface area is 112 Å². The zero-order valence-corrected chi connectivity index (χ0v) is 11.1. The number of ether oxygens (including phenoxy) is 1. The normalized spacial score (nSPS) is 16.3. The number of rotatable bonds is 4. The largest absolute Gasteiger partial charge is 0.484 e. The van der Waals surface area contributed by atoms with Crippen molar-refractivity contribution >= 4 is 17.5 Å². The van der Waals surface area contributed by atoms with Crippen molar-refractivity contribution in [3.8, 4) is 5.75 Å². The Bertz CT molecular complexity index is 403. The van der Waals surface area contributed by atoms with E-state index in [0.29, 0.717) is 16.8 Å². The third kappa shape index (κ3) is 4.22. The van der Waals surface area contributed by atoms with E-state index in [1.54, 1.807) is 24.3 Å². The van der Waals surface area contributed by atoms with Gasteiger partial charge in [-0.25, -0.2) is 0 Å². The van der Waals surface area contributed by atoms with Crippen LogP contribution in [0.5, 0.6) is 5.75 Å². The molecule has 1 fully saturated rings. The molecule has 0 spiro atoms. The van der Waals surface area contributed by atoms with Crippen LogP contribution in [0.1, 0.15) is 32.1 Å². The Morgan fingerprint density at radius 1 is 1.33 bits per heavy atom. The predicted octanol–water partition coefficient (Wildman–Crippen LogP) is 3.17. The molecule has 0 radical (unpaired) electrons. The fourth-order valence-corrected chi connectivity index (χ4v) is 2.40. The number of benzene rings is 1. The topological polar surface area (TPSA) is 38.3 Å². The van der Waals surface area contributed by atoms with Gasteiger partial charge in [-0.1, -0.05) is 36.9 Å². The highest BCUT2D eigenvalue weighted by molar-refractivity contribution is 6.30. The Morgan fingerprint density at radius 2 is 2.11 bits per heavy atom. The van der Waals surface area contributed by atoms with E-state index in [1.807, 2.05) is 0 Å². The molecule has 2 rings (SSSR count). The van der Waals surface area contributed by atoms with Gasteiger partial charge >= 0.3 is 0 Å². The number of nitrogens with one attached hydrogen (secondary N) is 1. The smallest absolute Gasteiger partial charge is 0.258 e. The zero-order valence-electron chi connectivity index (χ0n) is 10.3. The van der Waals surface area contributed by atoms with Crippen molar-refractivity contribution in [3.05, 3.63) is 29.3 Å². The van der Waals surface area contributed by atoms with Gasteiger partial charge in [-0.05, 0) is 31.0 Å². The van der Waals surface area contributed by atoms with Crippen LogP contribution in [0.4, 0.5) is 0 Å². The van der Waals surface area contributed by atoms with E-state index < -0.39 is 0 Å². The lowest BCUT2D eigenvalue weighted by Crippen LogP contribution is -2.38. The highest BCUT2D eigenvalue weighted by Gasteiger charge is 2.15. The molecule has 98 valence electrons. The van der Waals surface area contributed by atoms with Gasteiger partial charge in [-0.2, -0.15) is 0 Å². The molecule has 1 aromatic carbocycles. The summed E-state index contributed by atoms with van der Waals surface area (Å²) in [7, 11) is 0. The summed E-state index contributed by atoms with van der Waals surface area (Å²) in [6.07, 6.45) is 5.87. The third-order valence-corrected chi connectivity index (χ3v) is 3.37. The molecular formula is C14H18ClNO2. The van der Waals surface area contributed by atoms with Gasteiger partial charge in [0.25, 0.3) is 5.91 Å². The zero-order chi connectivity index (χ0) is 12.8. The lowest BCUT2D eigenvalue weighted by molar-refractivity contribution is -0.124. The first-order valence-corrected chi connectivity index (χ1v) is 6.79. The maximum absolute atomic E-state index is 11.7. The van der Waals surface area contributed by atoms with Crippen molar-refractivity contribution in [2.24, 2.45) is 0 Å². The van der Waals surface area contributed by atoms with Gasteiger partial charge in [-0.3, -0.25) is 4.79 Å². The average molecular weight is 268 g/mol. The standard InChI is InChI=1S/C14H18ClNO2/c15-11-5-4-8-13(9-11)18-10-14(17)16-12-6-2-1-3-7-12/h4-5,8-9,12H,1-3,6-7,10H2,(H,16,17). The summed E-state index contributed by atoms with van der Waals surface area (Å²) < 4.78 is 5.39. The number of hydrogen-bond acceptors (Lipinski definition) is 2. The fourth-order valence-electron chi connectivity index (χ4n) is 2.22. The van der Waals surface area contributed by atoms with Crippen LogP contribution in [0.15, 0.2) is 24.3 Å². The SMILES string of the molecule is O=C(COc1cccc(Cl)c1)NC1CCCCC1.